The maximum atomic E-state index is 13.1. The van der Waals surface area contributed by atoms with Gasteiger partial charge in [0, 0.05) is 25.0 Å². The smallest absolute Gasteiger partial charge is 0.247 e. The van der Waals surface area contributed by atoms with Crippen molar-refractivity contribution in [3.63, 3.8) is 0 Å². The topological polar surface area (TPSA) is 108 Å². The van der Waals surface area contributed by atoms with Crippen molar-refractivity contribution in [2.45, 2.75) is 26.8 Å². The lowest BCUT2D eigenvalue weighted by Crippen LogP contribution is -2.51. The molecule has 2 aromatic heterocycles. The summed E-state index contributed by atoms with van der Waals surface area (Å²) >= 11 is 0. The van der Waals surface area contributed by atoms with Gasteiger partial charge in [-0.1, -0.05) is 19.9 Å². The second-order valence-corrected chi connectivity index (χ2v) is 8.81. The van der Waals surface area contributed by atoms with E-state index in [-0.39, 0.29) is 43.1 Å². The van der Waals surface area contributed by atoms with Crippen LogP contribution in [0.15, 0.2) is 65.4 Å². The first-order valence-electron chi connectivity index (χ1n) is 11.6. The summed E-state index contributed by atoms with van der Waals surface area (Å²) in [6.45, 7) is 5.03. The molecule has 0 radical (unpaired) electrons. The van der Waals surface area contributed by atoms with Crippen LogP contribution in [0.5, 0.6) is 0 Å². The van der Waals surface area contributed by atoms with Crippen molar-refractivity contribution in [2.75, 3.05) is 34.8 Å². The van der Waals surface area contributed by atoms with E-state index in [1.54, 1.807) is 41.4 Å². The Balaban J connectivity index is 1.53. The summed E-state index contributed by atoms with van der Waals surface area (Å²) in [7, 11) is 0. The second kappa shape index (κ2) is 11.0. The van der Waals surface area contributed by atoms with E-state index in [1.165, 1.54) is 11.2 Å². The molecule has 3 amide bonds. The molecule has 9 nitrogen and oxygen atoms in total. The normalized spacial score (nSPS) is 13.2. The van der Waals surface area contributed by atoms with Crippen molar-refractivity contribution in [3.05, 3.63) is 72.4 Å². The Labute approximate surface area is 204 Å². The maximum Gasteiger partial charge on any atom is 0.247 e. The number of benzene rings is 1. The molecule has 182 valence electrons. The summed E-state index contributed by atoms with van der Waals surface area (Å²) < 4.78 is 5.24. The van der Waals surface area contributed by atoms with E-state index in [9.17, 15) is 14.4 Å². The fourth-order valence-corrected chi connectivity index (χ4v) is 3.95. The van der Waals surface area contributed by atoms with E-state index >= 15 is 0 Å². The largest absolute Gasteiger partial charge is 0.469 e. The number of furan rings is 1. The zero-order valence-electron chi connectivity index (χ0n) is 19.9. The Morgan fingerprint density at radius 1 is 1.11 bits per heavy atom. The molecule has 0 saturated carbocycles. The van der Waals surface area contributed by atoms with Gasteiger partial charge >= 0.3 is 0 Å². The van der Waals surface area contributed by atoms with Gasteiger partial charge in [0.25, 0.3) is 0 Å². The van der Waals surface area contributed by atoms with Gasteiger partial charge < -0.3 is 20.0 Å². The fraction of sp³-hybridized carbons (Fsp3) is 0.308. The number of hydrogen-bond donors (Lipinski definition) is 2. The van der Waals surface area contributed by atoms with Crippen LogP contribution in [0.25, 0.3) is 0 Å². The lowest BCUT2D eigenvalue weighted by atomic mass is 10.1. The molecule has 0 unspecified atom stereocenters. The number of carbonyl (C=O) groups excluding carboxylic acids is 3. The third-order valence-corrected chi connectivity index (χ3v) is 5.51. The molecule has 0 fully saturated rings. The first-order chi connectivity index (χ1) is 16.9. The van der Waals surface area contributed by atoms with Gasteiger partial charge in [0.2, 0.25) is 17.7 Å². The molecule has 2 N–H and O–H groups in total. The zero-order valence-corrected chi connectivity index (χ0v) is 19.9. The minimum absolute atomic E-state index is 0.0442. The quantitative estimate of drug-likeness (QED) is 0.493. The molecule has 3 heterocycles. The van der Waals surface area contributed by atoms with Gasteiger partial charge in [0.1, 0.15) is 12.3 Å². The van der Waals surface area contributed by atoms with Gasteiger partial charge in [-0.25, -0.2) is 0 Å². The number of rotatable bonds is 9. The maximum absolute atomic E-state index is 13.1. The number of hydrogen-bond acceptors (Lipinski definition) is 6. The minimum Gasteiger partial charge on any atom is -0.469 e. The number of aromatic nitrogens is 1. The van der Waals surface area contributed by atoms with E-state index in [0.717, 1.165) is 5.69 Å². The van der Waals surface area contributed by atoms with Crippen LogP contribution in [-0.4, -0.2) is 42.3 Å². The van der Waals surface area contributed by atoms with Gasteiger partial charge in [0.05, 0.1) is 36.3 Å². The van der Waals surface area contributed by atoms with Crippen LogP contribution >= 0.6 is 0 Å². The summed E-state index contributed by atoms with van der Waals surface area (Å²) in [5.41, 5.74) is 2.60. The van der Waals surface area contributed by atoms with Crippen molar-refractivity contribution >= 4 is 34.8 Å². The predicted molar refractivity (Wildman–Crippen MR) is 133 cm³/mol. The Morgan fingerprint density at radius 3 is 2.69 bits per heavy atom. The van der Waals surface area contributed by atoms with Crippen LogP contribution in [0, 0.1) is 5.92 Å². The summed E-state index contributed by atoms with van der Waals surface area (Å²) in [6.07, 6.45) is 3.32. The van der Waals surface area contributed by atoms with Crippen molar-refractivity contribution in [3.8, 4) is 0 Å². The molecule has 0 bridgehead atoms. The molecule has 1 aliphatic heterocycles. The van der Waals surface area contributed by atoms with E-state index in [0.29, 0.717) is 35.9 Å². The number of carbonyl (C=O) groups is 3. The van der Waals surface area contributed by atoms with E-state index < -0.39 is 0 Å². The molecule has 35 heavy (non-hydrogen) atoms. The predicted octanol–water partition coefficient (Wildman–Crippen LogP) is 2.98. The number of nitrogens with zero attached hydrogens (tertiary/aromatic N) is 3. The molecule has 1 aromatic carbocycles. The molecule has 3 aromatic rings. The van der Waals surface area contributed by atoms with Gasteiger partial charge in [-0.3, -0.25) is 24.3 Å². The molecule has 4 rings (SSSR count). The van der Waals surface area contributed by atoms with Crippen LogP contribution in [-0.2, 0) is 27.3 Å². The Hall–Kier alpha value is -3.98. The highest BCUT2D eigenvalue weighted by atomic mass is 16.3. The average Bonchev–Trinajstić information content (AvgIpc) is 3.34. The van der Waals surface area contributed by atoms with Gasteiger partial charge in [-0.15, -0.1) is 0 Å². The lowest BCUT2D eigenvalue weighted by molar-refractivity contribution is -0.122. The Kier molecular flexibility index (Phi) is 7.57. The first kappa shape index (κ1) is 24.2. The van der Waals surface area contributed by atoms with E-state index in [4.69, 9.17) is 4.42 Å². The zero-order chi connectivity index (χ0) is 24.8. The van der Waals surface area contributed by atoms with Crippen LogP contribution in [0.4, 0.5) is 17.1 Å². The van der Waals surface area contributed by atoms with E-state index in [2.05, 4.69) is 15.6 Å². The third kappa shape index (κ3) is 6.13. The molecule has 1 aliphatic rings. The van der Waals surface area contributed by atoms with Crippen LogP contribution in [0.3, 0.4) is 0 Å². The molecule has 9 heteroatoms. The summed E-state index contributed by atoms with van der Waals surface area (Å²) in [4.78, 5) is 46.0. The minimum atomic E-state index is -0.237. The number of nitrogens with one attached hydrogen (secondary N) is 2. The number of amides is 3. The highest BCUT2D eigenvalue weighted by Gasteiger charge is 2.33. The first-order valence-corrected chi connectivity index (χ1v) is 11.6. The monoisotopic (exact) mass is 475 g/mol. The van der Waals surface area contributed by atoms with Gasteiger partial charge in [-0.05, 0) is 48.4 Å². The van der Waals surface area contributed by atoms with Crippen molar-refractivity contribution in [1.29, 1.82) is 0 Å². The third-order valence-electron chi connectivity index (χ3n) is 5.51. The molecule has 0 spiro atoms. The molecular formula is C26H29N5O4. The second-order valence-electron chi connectivity index (χ2n) is 8.81. The standard InChI is InChI=1S/C26H29N5O4/c1-18(2)16-30-22-9-8-19(29-24(32)13-21-7-5-11-35-21)12-23(22)31(17-26(30)34)25(33)15-27-14-20-6-3-4-10-28-20/h3-12,18,27H,13-17H2,1-2H3,(H,29,32). The summed E-state index contributed by atoms with van der Waals surface area (Å²) in [5.74, 6) is 0.199. The van der Waals surface area contributed by atoms with E-state index in [1.807, 2.05) is 32.0 Å². The highest BCUT2D eigenvalue weighted by molar-refractivity contribution is 6.12. The van der Waals surface area contributed by atoms with Crippen molar-refractivity contribution < 1.29 is 18.8 Å². The van der Waals surface area contributed by atoms with Crippen molar-refractivity contribution in [2.24, 2.45) is 5.92 Å². The number of anilines is 3. The van der Waals surface area contributed by atoms with Crippen LogP contribution in [0.1, 0.15) is 25.3 Å². The summed E-state index contributed by atoms with van der Waals surface area (Å²) in [6, 6.07) is 14.3. The molecule has 0 saturated heterocycles. The lowest BCUT2D eigenvalue weighted by Gasteiger charge is -2.37. The average molecular weight is 476 g/mol. The van der Waals surface area contributed by atoms with Gasteiger partial charge in [0.15, 0.2) is 0 Å². The fourth-order valence-electron chi connectivity index (χ4n) is 3.95. The molecule has 0 atom stereocenters. The van der Waals surface area contributed by atoms with Gasteiger partial charge in [-0.2, -0.15) is 0 Å². The highest BCUT2D eigenvalue weighted by Crippen LogP contribution is 2.36. The molecular weight excluding hydrogens is 446 g/mol. The number of fused-ring (bicyclic) bond motifs is 1. The van der Waals surface area contributed by atoms with Crippen LogP contribution < -0.4 is 20.4 Å². The molecule has 0 aliphatic carbocycles. The summed E-state index contributed by atoms with van der Waals surface area (Å²) in [5, 5.41) is 5.96. The Bertz CT molecular complexity index is 1180. The number of pyridine rings is 1. The van der Waals surface area contributed by atoms with Crippen LogP contribution in [0.2, 0.25) is 0 Å². The van der Waals surface area contributed by atoms with Crippen molar-refractivity contribution in [1.82, 2.24) is 10.3 Å². The Morgan fingerprint density at radius 2 is 1.97 bits per heavy atom. The SMILES string of the molecule is CC(C)CN1C(=O)CN(C(=O)CNCc2ccccn2)c2cc(NC(=O)Cc3ccco3)ccc21.